The highest BCUT2D eigenvalue weighted by Crippen LogP contribution is 2.28. The predicted octanol–water partition coefficient (Wildman–Crippen LogP) is 4.64. The molecular formula is C15H12BrClN2O. The zero-order valence-electron chi connectivity index (χ0n) is 10.8. The van der Waals surface area contributed by atoms with Crippen molar-refractivity contribution in [3.8, 4) is 5.75 Å². The standard InChI is InChI=1S/C15H12BrClN2O/c1-10-2-5-15-18-12(8-19(15)7-10)9-20-14-4-3-11(16)6-13(14)17/h2-8H,9H2,1H3. The first-order chi connectivity index (χ1) is 9.61. The van der Waals surface area contributed by atoms with Crippen LogP contribution in [0.25, 0.3) is 5.65 Å². The van der Waals surface area contributed by atoms with Gasteiger partial charge in [0, 0.05) is 16.9 Å². The molecular weight excluding hydrogens is 340 g/mol. The molecule has 0 N–H and O–H groups in total. The van der Waals surface area contributed by atoms with Crippen molar-refractivity contribution in [2.24, 2.45) is 0 Å². The number of hydrogen-bond acceptors (Lipinski definition) is 2. The van der Waals surface area contributed by atoms with Crippen LogP contribution in [-0.2, 0) is 6.61 Å². The SMILES string of the molecule is Cc1ccc2nc(COc3ccc(Br)cc3Cl)cn2c1. The Morgan fingerprint density at radius 3 is 2.90 bits per heavy atom. The Morgan fingerprint density at radius 2 is 2.10 bits per heavy atom. The van der Waals surface area contributed by atoms with E-state index in [1.807, 2.05) is 47.1 Å². The van der Waals surface area contributed by atoms with E-state index in [9.17, 15) is 0 Å². The summed E-state index contributed by atoms with van der Waals surface area (Å²) in [7, 11) is 0. The molecule has 0 spiro atoms. The quantitative estimate of drug-likeness (QED) is 0.687. The average Bonchev–Trinajstić information content (AvgIpc) is 2.79. The summed E-state index contributed by atoms with van der Waals surface area (Å²) in [6.07, 6.45) is 4.01. The minimum absolute atomic E-state index is 0.391. The summed E-state index contributed by atoms with van der Waals surface area (Å²) in [5.74, 6) is 0.656. The van der Waals surface area contributed by atoms with Gasteiger partial charge in [-0.2, -0.15) is 0 Å². The van der Waals surface area contributed by atoms with Crippen molar-refractivity contribution in [3.05, 3.63) is 63.5 Å². The fourth-order valence-electron chi connectivity index (χ4n) is 1.97. The highest BCUT2D eigenvalue weighted by molar-refractivity contribution is 9.10. The highest BCUT2D eigenvalue weighted by Gasteiger charge is 2.05. The third-order valence-electron chi connectivity index (χ3n) is 2.92. The van der Waals surface area contributed by atoms with Crippen molar-refractivity contribution < 1.29 is 4.74 Å². The predicted molar refractivity (Wildman–Crippen MR) is 83.4 cm³/mol. The van der Waals surface area contributed by atoms with Gasteiger partial charge in [-0.25, -0.2) is 4.98 Å². The van der Waals surface area contributed by atoms with Crippen LogP contribution < -0.4 is 4.74 Å². The van der Waals surface area contributed by atoms with Gasteiger partial charge in [-0.15, -0.1) is 0 Å². The molecule has 0 saturated heterocycles. The summed E-state index contributed by atoms with van der Waals surface area (Å²) in [6, 6.07) is 9.58. The molecule has 0 aliphatic rings. The zero-order chi connectivity index (χ0) is 14.1. The van der Waals surface area contributed by atoms with Gasteiger partial charge in [-0.3, -0.25) is 0 Å². The molecule has 3 rings (SSSR count). The van der Waals surface area contributed by atoms with Gasteiger partial charge in [-0.05, 0) is 36.8 Å². The highest BCUT2D eigenvalue weighted by atomic mass is 79.9. The van der Waals surface area contributed by atoms with Gasteiger partial charge in [0.15, 0.2) is 0 Å². The fraction of sp³-hybridized carbons (Fsp3) is 0.133. The molecule has 0 bridgehead atoms. The first-order valence-corrected chi connectivity index (χ1v) is 7.31. The molecule has 3 aromatic rings. The number of nitrogens with zero attached hydrogens (tertiary/aromatic N) is 2. The number of hydrogen-bond donors (Lipinski definition) is 0. The maximum Gasteiger partial charge on any atom is 0.138 e. The Bertz CT molecular complexity index is 770. The molecule has 0 fully saturated rings. The number of rotatable bonds is 3. The minimum Gasteiger partial charge on any atom is -0.486 e. The van der Waals surface area contributed by atoms with Gasteiger partial charge in [0.25, 0.3) is 0 Å². The molecule has 0 aliphatic heterocycles. The van der Waals surface area contributed by atoms with Crippen molar-refractivity contribution in [3.63, 3.8) is 0 Å². The Balaban J connectivity index is 1.79. The number of imidazole rings is 1. The molecule has 3 nitrogen and oxygen atoms in total. The first kappa shape index (κ1) is 13.5. The zero-order valence-corrected chi connectivity index (χ0v) is 13.1. The van der Waals surface area contributed by atoms with Crippen LogP contribution in [-0.4, -0.2) is 9.38 Å². The lowest BCUT2D eigenvalue weighted by Gasteiger charge is -2.06. The number of benzene rings is 1. The van der Waals surface area contributed by atoms with Crippen LogP contribution in [0.3, 0.4) is 0 Å². The van der Waals surface area contributed by atoms with Gasteiger partial charge in [0.1, 0.15) is 18.0 Å². The topological polar surface area (TPSA) is 26.5 Å². The molecule has 0 saturated carbocycles. The van der Waals surface area contributed by atoms with E-state index < -0.39 is 0 Å². The molecule has 2 aromatic heterocycles. The van der Waals surface area contributed by atoms with Crippen molar-refractivity contribution in [1.82, 2.24) is 9.38 Å². The fourth-order valence-corrected chi connectivity index (χ4v) is 2.70. The lowest BCUT2D eigenvalue weighted by Crippen LogP contribution is -1.96. The van der Waals surface area contributed by atoms with E-state index >= 15 is 0 Å². The van der Waals surface area contributed by atoms with Crippen LogP contribution >= 0.6 is 27.5 Å². The van der Waals surface area contributed by atoms with Gasteiger partial charge >= 0.3 is 0 Å². The normalized spacial score (nSPS) is 10.9. The summed E-state index contributed by atoms with van der Waals surface area (Å²) in [4.78, 5) is 4.50. The van der Waals surface area contributed by atoms with Crippen LogP contribution in [0.1, 0.15) is 11.3 Å². The third-order valence-corrected chi connectivity index (χ3v) is 3.71. The van der Waals surface area contributed by atoms with Gasteiger partial charge < -0.3 is 9.14 Å². The van der Waals surface area contributed by atoms with Gasteiger partial charge in [0.2, 0.25) is 0 Å². The van der Waals surface area contributed by atoms with Gasteiger partial charge in [0.05, 0.1) is 10.7 Å². The number of pyridine rings is 1. The molecule has 0 amide bonds. The molecule has 0 aliphatic carbocycles. The van der Waals surface area contributed by atoms with Gasteiger partial charge in [-0.1, -0.05) is 33.6 Å². The summed E-state index contributed by atoms with van der Waals surface area (Å²) < 4.78 is 8.64. The van der Waals surface area contributed by atoms with Crippen molar-refractivity contribution in [1.29, 1.82) is 0 Å². The number of halogens is 2. The second-order valence-electron chi connectivity index (χ2n) is 4.57. The second kappa shape index (κ2) is 5.46. The molecule has 5 heteroatoms. The van der Waals surface area contributed by atoms with Crippen molar-refractivity contribution in [2.75, 3.05) is 0 Å². The number of fused-ring (bicyclic) bond motifs is 1. The van der Waals surface area contributed by atoms with Crippen LogP contribution in [0.5, 0.6) is 5.75 Å². The summed E-state index contributed by atoms with van der Waals surface area (Å²) in [5.41, 5.74) is 2.98. The Labute approximate surface area is 130 Å². The molecule has 1 aromatic carbocycles. The first-order valence-electron chi connectivity index (χ1n) is 6.14. The van der Waals surface area contributed by atoms with E-state index in [-0.39, 0.29) is 0 Å². The third kappa shape index (κ3) is 2.81. The minimum atomic E-state index is 0.391. The molecule has 0 radical (unpaired) electrons. The smallest absolute Gasteiger partial charge is 0.138 e. The molecule has 102 valence electrons. The molecule has 0 unspecified atom stereocenters. The number of aromatic nitrogens is 2. The van der Waals surface area contributed by atoms with Crippen molar-refractivity contribution in [2.45, 2.75) is 13.5 Å². The molecule has 2 heterocycles. The van der Waals surface area contributed by atoms with E-state index in [0.717, 1.165) is 15.8 Å². The summed E-state index contributed by atoms with van der Waals surface area (Å²) in [6.45, 7) is 2.44. The van der Waals surface area contributed by atoms with E-state index in [4.69, 9.17) is 16.3 Å². The van der Waals surface area contributed by atoms with E-state index in [2.05, 4.69) is 27.8 Å². The Morgan fingerprint density at radius 1 is 1.25 bits per heavy atom. The molecule has 20 heavy (non-hydrogen) atoms. The van der Waals surface area contributed by atoms with Crippen LogP contribution in [0.15, 0.2) is 47.2 Å². The maximum absolute atomic E-state index is 6.11. The number of ether oxygens (including phenoxy) is 1. The Kier molecular flexibility index (Phi) is 3.68. The van der Waals surface area contributed by atoms with E-state index in [0.29, 0.717) is 17.4 Å². The second-order valence-corrected chi connectivity index (χ2v) is 5.89. The lowest BCUT2D eigenvalue weighted by atomic mass is 10.3. The number of aryl methyl sites for hydroxylation is 1. The van der Waals surface area contributed by atoms with E-state index in [1.54, 1.807) is 0 Å². The van der Waals surface area contributed by atoms with Crippen LogP contribution in [0.4, 0.5) is 0 Å². The van der Waals surface area contributed by atoms with Crippen LogP contribution in [0, 0.1) is 6.92 Å². The average molecular weight is 352 g/mol. The Hall–Kier alpha value is -1.52. The van der Waals surface area contributed by atoms with E-state index in [1.165, 1.54) is 5.56 Å². The largest absolute Gasteiger partial charge is 0.486 e. The lowest BCUT2D eigenvalue weighted by molar-refractivity contribution is 0.302. The summed E-state index contributed by atoms with van der Waals surface area (Å²) in [5, 5.41) is 0.582. The van der Waals surface area contributed by atoms with Crippen LogP contribution in [0.2, 0.25) is 5.02 Å². The van der Waals surface area contributed by atoms with Crippen molar-refractivity contribution >= 4 is 33.2 Å². The summed E-state index contributed by atoms with van der Waals surface area (Å²) >= 11 is 9.48. The maximum atomic E-state index is 6.11. The monoisotopic (exact) mass is 350 g/mol. The molecule has 0 atom stereocenters.